The van der Waals surface area contributed by atoms with Gasteiger partial charge in [-0.2, -0.15) is 0 Å². The van der Waals surface area contributed by atoms with Crippen LogP contribution in [0.3, 0.4) is 0 Å². The Morgan fingerprint density at radius 3 is 2.64 bits per heavy atom. The number of methoxy groups -OCH3 is 2. The maximum absolute atomic E-state index is 13.2. The molecule has 0 bridgehead atoms. The lowest BCUT2D eigenvalue weighted by Gasteiger charge is -2.36. The molecule has 0 fully saturated rings. The fourth-order valence-electron chi connectivity index (χ4n) is 3.97. The van der Waals surface area contributed by atoms with Gasteiger partial charge in [0.25, 0.3) is 0 Å². The predicted octanol–water partition coefficient (Wildman–Crippen LogP) is 4.31. The number of aliphatic imine (C=N–C) groups is 1. The first kappa shape index (κ1) is 25.2. The molecule has 2 aliphatic heterocycles. The van der Waals surface area contributed by atoms with Gasteiger partial charge in [-0.15, -0.1) is 0 Å². The minimum Gasteiger partial charge on any atom is -0.497 e. The van der Waals surface area contributed by atoms with Gasteiger partial charge in [0.05, 0.1) is 50.8 Å². The molecular formula is C26H27N3O6S. The Morgan fingerprint density at radius 1 is 1.25 bits per heavy atom. The summed E-state index contributed by atoms with van der Waals surface area (Å²) in [4.78, 5) is 32.6. The van der Waals surface area contributed by atoms with Gasteiger partial charge in [0.15, 0.2) is 5.17 Å². The molecule has 1 amide bonds. The molecule has 10 heteroatoms. The summed E-state index contributed by atoms with van der Waals surface area (Å²) in [5.41, 5.74) is 2.32. The molecule has 0 spiro atoms. The molecule has 1 N–H and O–H groups in total. The Kier molecular flexibility index (Phi) is 7.84. The fourth-order valence-corrected chi connectivity index (χ4v) is 4.94. The van der Waals surface area contributed by atoms with Crippen LogP contribution in [0.5, 0.6) is 11.5 Å². The quantitative estimate of drug-likeness (QED) is 0.373. The number of thioether (sulfide) groups is 1. The highest BCUT2D eigenvalue weighted by molar-refractivity contribution is 8.16. The lowest BCUT2D eigenvalue weighted by molar-refractivity contribution is -0.138. The average molecular weight is 510 g/mol. The van der Waals surface area contributed by atoms with Gasteiger partial charge < -0.3 is 28.8 Å². The van der Waals surface area contributed by atoms with E-state index in [2.05, 4.69) is 16.9 Å². The van der Waals surface area contributed by atoms with Crippen molar-refractivity contribution in [3.8, 4) is 11.5 Å². The van der Waals surface area contributed by atoms with E-state index in [1.54, 1.807) is 45.6 Å². The number of amides is 1. The first-order valence-corrected chi connectivity index (χ1v) is 12.1. The van der Waals surface area contributed by atoms with Crippen molar-refractivity contribution in [1.82, 2.24) is 10.2 Å². The van der Waals surface area contributed by atoms with Crippen LogP contribution in [0.4, 0.5) is 0 Å². The van der Waals surface area contributed by atoms with Crippen LogP contribution in [0, 0.1) is 0 Å². The third-order valence-corrected chi connectivity index (χ3v) is 6.51. The number of hydrogen-bond donors (Lipinski definition) is 1. The highest BCUT2D eigenvalue weighted by Crippen LogP contribution is 2.46. The van der Waals surface area contributed by atoms with E-state index in [4.69, 9.17) is 18.6 Å². The molecule has 1 atom stereocenters. The molecule has 4 rings (SSSR count). The smallest absolute Gasteiger partial charge is 0.338 e. The lowest BCUT2D eigenvalue weighted by atomic mass is 9.93. The van der Waals surface area contributed by atoms with E-state index in [9.17, 15) is 9.59 Å². The molecule has 188 valence electrons. The Hall–Kier alpha value is -3.92. The van der Waals surface area contributed by atoms with E-state index in [0.717, 1.165) is 5.56 Å². The van der Waals surface area contributed by atoms with Gasteiger partial charge in [-0.1, -0.05) is 24.4 Å². The van der Waals surface area contributed by atoms with Gasteiger partial charge in [-0.05, 0) is 42.2 Å². The number of nitrogens with one attached hydrogen (secondary N) is 1. The second-order valence-electron chi connectivity index (χ2n) is 7.96. The van der Waals surface area contributed by atoms with Crippen molar-refractivity contribution in [2.45, 2.75) is 25.9 Å². The van der Waals surface area contributed by atoms with E-state index in [1.165, 1.54) is 17.8 Å². The summed E-state index contributed by atoms with van der Waals surface area (Å²) >= 11 is 1.40. The van der Waals surface area contributed by atoms with Gasteiger partial charge in [-0.3, -0.25) is 4.79 Å². The van der Waals surface area contributed by atoms with E-state index in [-0.39, 0.29) is 25.5 Å². The summed E-state index contributed by atoms with van der Waals surface area (Å²) in [6.07, 6.45) is 3.15. The number of fused-ring (bicyclic) bond motifs is 1. The molecular weight excluding hydrogens is 482 g/mol. The molecule has 0 radical (unpaired) electrons. The first-order chi connectivity index (χ1) is 17.4. The monoisotopic (exact) mass is 509 g/mol. The van der Waals surface area contributed by atoms with Gasteiger partial charge in [0.1, 0.15) is 23.9 Å². The highest BCUT2D eigenvalue weighted by atomic mass is 32.2. The second kappa shape index (κ2) is 11.2. The standard InChI is InChI=1S/C26H27N3O6S/c1-5-8-35-25(31)23-16(2)28-26-29(24(23)17-10-20(32-3)13-21(11-17)33-4)18(15-36-26)12-22(30)27-14-19-7-6-9-34-19/h5-7,9-11,13,15,24H,1,8,12,14H2,2-4H3,(H,27,30). The fraction of sp³-hybridized carbons (Fsp3) is 0.269. The number of rotatable bonds is 10. The number of amidine groups is 1. The number of hydrogen-bond acceptors (Lipinski definition) is 9. The molecule has 0 aliphatic carbocycles. The number of benzene rings is 1. The molecule has 1 aromatic carbocycles. The molecule has 0 saturated carbocycles. The van der Waals surface area contributed by atoms with Crippen molar-refractivity contribution in [2.24, 2.45) is 4.99 Å². The number of allylic oxidation sites excluding steroid dienone is 1. The zero-order valence-electron chi connectivity index (χ0n) is 20.3. The molecule has 2 aliphatic rings. The number of ether oxygens (including phenoxy) is 3. The normalized spacial score (nSPS) is 16.6. The summed E-state index contributed by atoms with van der Waals surface area (Å²) in [7, 11) is 3.13. The second-order valence-corrected chi connectivity index (χ2v) is 8.80. The van der Waals surface area contributed by atoms with Gasteiger partial charge in [-0.25, -0.2) is 9.79 Å². The number of nitrogens with zero attached hydrogens (tertiary/aromatic N) is 2. The molecule has 2 aromatic rings. The van der Waals surface area contributed by atoms with Crippen LogP contribution in [0.2, 0.25) is 0 Å². The predicted molar refractivity (Wildman–Crippen MR) is 136 cm³/mol. The number of carbonyl (C=O) groups excluding carboxylic acids is 2. The summed E-state index contributed by atoms with van der Waals surface area (Å²) in [5.74, 6) is 1.09. The SMILES string of the molecule is C=CCOC(=O)C1=C(C)N=C2SC=C(CC(=O)NCc3ccco3)N2C1c1cc(OC)cc(OC)c1. The summed E-state index contributed by atoms with van der Waals surface area (Å²) in [6, 6.07) is 8.37. The third kappa shape index (κ3) is 5.33. The maximum atomic E-state index is 13.2. The zero-order chi connectivity index (χ0) is 25.7. The number of furan rings is 1. The zero-order valence-corrected chi connectivity index (χ0v) is 21.1. The van der Waals surface area contributed by atoms with Crippen molar-refractivity contribution >= 4 is 28.8 Å². The largest absolute Gasteiger partial charge is 0.497 e. The maximum Gasteiger partial charge on any atom is 0.338 e. The minimum absolute atomic E-state index is 0.0625. The number of carbonyl (C=O) groups is 2. The first-order valence-electron chi connectivity index (χ1n) is 11.2. The topological polar surface area (TPSA) is 103 Å². The van der Waals surface area contributed by atoms with Gasteiger partial charge in [0, 0.05) is 11.8 Å². The van der Waals surface area contributed by atoms with Crippen LogP contribution >= 0.6 is 11.8 Å². The third-order valence-electron chi connectivity index (χ3n) is 5.62. The van der Waals surface area contributed by atoms with Crippen LogP contribution in [-0.2, 0) is 20.9 Å². The minimum atomic E-state index is -0.613. The summed E-state index contributed by atoms with van der Waals surface area (Å²) in [5, 5.41) is 5.40. The molecule has 3 heterocycles. The summed E-state index contributed by atoms with van der Waals surface area (Å²) in [6.45, 7) is 5.74. The molecule has 0 saturated heterocycles. The van der Waals surface area contributed by atoms with Gasteiger partial charge in [0.2, 0.25) is 5.91 Å². The van der Waals surface area contributed by atoms with Crippen molar-refractivity contribution < 1.29 is 28.2 Å². The van der Waals surface area contributed by atoms with Crippen LogP contribution < -0.4 is 14.8 Å². The molecule has 36 heavy (non-hydrogen) atoms. The van der Waals surface area contributed by atoms with E-state index < -0.39 is 12.0 Å². The Balaban J connectivity index is 1.69. The van der Waals surface area contributed by atoms with Crippen LogP contribution in [0.25, 0.3) is 0 Å². The Bertz CT molecular complexity index is 1230. The van der Waals surface area contributed by atoms with Crippen molar-refractivity contribution in [1.29, 1.82) is 0 Å². The van der Waals surface area contributed by atoms with Gasteiger partial charge >= 0.3 is 5.97 Å². The van der Waals surface area contributed by atoms with E-state index in [1.807, 2.05) is 22.4 Å². The van der Waals surface area contributed by atoms with Crippen LogP contribution in [-0.4, -0.2) is 42.8 Å². The van der Waals surface area contributed by atoms with Crippen molar-refractivity contribution in [3.05, 3.63) is 82.9 Å². The Morgan fingerprint density at radius 2 is 2.00 bits per heavy atom. The molecule has 9 nitrogen and oxygen atoms in total. The van der Waals surface area contributed by atoms with Crippen LogP contribution in [0.15, 0.2) is 81.0 Å². The average Bonchev–Trinajstić information content (AvgIpc) is 3.55. The highest BCUT2D eigenvalue weighted by Gasteiger charge is 2.41. The van der Waals surface area contributed by atoms with Crippen molar-refractivity contribution in [2.75, 3.05) is 20.8 Å². The van der Waals surface area contributed by atoms with E-state index >= 15 is 0 Å². The van der Waals surface area contributed by atoms with Crippen molar-refractivity contribution in [3.63, 3.8) is 0 Å². The molecule has 1 unspecified atom stereocenters. The Labute approximate surface area is 213 Å². The summed E-state index contributed by atoms with van der Waals surface area (Å²) < 4.78 is 21.7. The molecule has 1 aromatic heterocycles. The lowest BCUT2D eigenvalue weighted by Crippen LogP contribution is -2.38. The van der Waals surface area contributed by atoms with Crippen LogP contribution in [0.1, 0.15) is 30.7 Å². The van der Waals surface area contributed by atoms with E-state index in [0.29, 0.717) is 39.4 Å². The number of esters is 1.